The van der Waals surface area contributed by atoms with Crippen LogP contribution in [-0.2, 0) is 19.1 Å². The molecule has 9 heteroatoms. The van der Waals surface area contributed by atoms with Gasteiger partial charge in [0.1, 0.15) is 17.0 Å². The smallest absolute Gasteiger partial charge is 0.338 e. The zero-order valence-electron chi connectivity index (χ0n) is 12.5. The summed E-state index contributed by atoms with van der Waals surface area (Å²) in [5.41, 5.74) is -1.00. The number of allylic oxidation sites excluding steroid dienone is 1. The fourth-order valence-electron chi connectivity index (χ4n) is 3.30. The lowest BCUT2D eigenvalue weighted by Crippen LogP contribution is -2.73. The van der Waals surface area contributed by atoms with Crippen LogP contribution in [0.1, 0.15) is 20.8 Å². The number of β-lactam (4-membered cyclic amide) rings is 1. The first-order valence-electron chi connectivity index (χ1n) is 6.64. The Bertz CT molecular complexity index is 671. The first-order chi connectivity index (χ1) is 10.2. The maximum absolute atomic E-state index is 12.7. The van der Waals surface area contributed by atoms with E-state index in [1.54, 1.807) is 20.8 Å². The number of carbonyl (C=O) groups is 3. The molecule has 0 aromatic rings. The highest BCUT2D eigenvalue weighted by molar-refractivity contribution is 8.01. The van der Waals surface area contributed by atoms with Crippen molar-refractivity contribution < 1.29 is 24.2 Å². The minimum atomic E-state index is -1.44. The van der Waals surface area contributed by atoms with Crippen LogP contribution < -0.4 is 0 Å². The summed E-state index contributed by atoms with van der Waals surface area (Å²) < 4.78 is 4.05. The summed E-state index contributed by atoms with van der Waals surface area (Å²) in [5, 5.41) is 16.8. The Morgan fingerprint density at radius 1 is 1.41 bits per heavy atom. The predicted molar refractivity (Wildman–Crippen MR) is 76.0 cm³/mol. The molecule has 0 bridgehead atoms. The maximum Gasteiger partial charge on any atom is 0.338 e. The number of esters is 1. The van der Waals surface area contributed by atoms with Gasteiger partial charge in [-0.15, -0.1) is 11.8 Å². The van der Waals surface area contributed by atoms with Gasteiger partial charge >= 0.3 is 11.9 Å². The lowest BCUT2D eigenvalue weighted by atomic mass is 9.79. The number of hydrogen-bond donors (Lipinski definition) is 1. The first kappa shape index (κ1) is 15.0. The van der Waals surface area contributed by atoms with Crippen molar-refractivity contribution in [1.29, 1.82) is 0 Å². The van der Waals surface area contributed by atoms with Crippen LogP contribution in [0.25, 0.3) is 0 Å². The third kappa shape index (κ3) is 1.52. The molecule has 3 aliphatic rings. The fourth-order valence-corrected chi connectivity index (χ4v) is 4.99. The second kappa shape index (κ2) is 4.31. The highest BCUT2D eigenvalue weighted by Crippen LogP contribution is 2.60. The van der Waals surface area contributed by atoms with Gasteiger partial charge in [0.25, 0.3) is 5.91 Å². The normalized spacial score (nSPS) is 34.9. The van der Waals surface area contributed by atoms with E-state index < -0.39 is 39.5 Å². The predicted octanol–water partition coefficient (Wildman–Crippen LogP) is 0.785. The van der Waals surface area contributed by atoms with Gasteiger partial charge in [0, 0.05) is 4.75 Å². The van der Waals surface area contributed by atoms with Crippen molar-refractivity contribution in [3.63, 3.8) is 0 Å². The number of methoxy groups -OCH3 is 1. The van der Waals surface area contributed by atoms with E-state index in [4.69, 9.17) is 4.74 Å². The fraction of sp³-hybridized carbons (Fsp3) is 0.615. The average Bonchev–Trinajstić information content (AvgIpc) is 2.92. The number of hydrogen-bond acceptors (Lipinski definition) is 7. The minimum absolute atomic E-state index is 0.107. The van der Waals surface area contributed by atoms with E-state index in [2.05, 4.69) is 10.2 Å². The first-order valence-corrected chi connectivity index (χ1v) is 7.52. The standard InChI is InChI=1S/C13H15N3O5S/c1-5-6(9(19)21-4)13(15-14-5)10(20)16-7(8(17)18)12(2,3)22-11(13)16/h7,11H,1-4H3,(H,17,18)/t7-,11?,13?/m0/s1. The van der Waals surface area contributed by atoms with Crippen LogP contribution >= 0.6 is 11.8 Å². The Labute approximate surface area is 130 Å². The molecule has 118 valence electrons. The van der Waals surface area contributed by atoms with Gasteiger partial charge < -0.3 is 14.7 Å². The molecular weight excluding hydrogens is 310 g/mol. The van der Waals surface area contributed by atoms with Crippen molar-refractivity contribution in [2.45, 2.75) is 42.5 Å². The Morgan fingerprint density at radius 3 is 2.59 bits per heavy atom. The Hall–Kier alpha value is -1.90. The van der Waals surface area contributed by atoms with Crippen LogP contribution in [0.2, 0.25) is 0 Å². The van der Waals surface area contributed by atoms with Crippen molar-refractivity contribution in [2.24, 2.45) is 10.2 Å². The van der Waals surface area contributed by atoms with Gasteiger partial charge in [0.2, 0.25) is 5.54 Å². The topological polar surface area (TPSA) is 109 Å². The SMILES string of the molecule is COC(=O)C1=C(C)N=NC12C(=O)N1C2SC(C)(C)[C@@H]1C(=O)O. The molecule has 1 amide bonds. The number of nitrogens with zero attached hydrogens (tertiary/aromatic N) is 3. The largest absolute Gasteiger partial charge is 0.480 e. The molecule has 2 unspecified atom stereocenters. The zero-order valence-corrected chi connectivity index (χ0v) is 13.3. The lowest BCUT2D eigenvalue weighted by molar-refractivity contribution is -0.164. The molecule has 1 N–H and O–H groups in total. The van der Waals surface area contributed by atoms with Crippen LogP contribution in [0, 0.1) is 0 Å². The number of carboxylic acids is 1. The number of azo groups is 1. The molecule has 2 fully saturated rings. The van der Waals surface area contributed by atoms with E-state index in [1.165, 1.54) is 23.8 Å². The molecule has 0 aromatic heterocycles. The summed E-state index contributed by atoms with van der Waals surface area (Å²) in [5.74, 6) is -2.24. The molecule has 8 nitrogen and oxygen atoms in total. The second-order valence-corrected chi connectivity index (χ2v) is 7.68. The Kier molecular flexibility index (Phi) is 2.94. The van der Waals surface area contributed by atoms with Crippen LogP contribution in [-0.4, -0.2) is 56.7 Å². The molecule has 3 aliphatic heterocycles. The number of carboxylic acid groups (broad SMARTS) is 1. The minimum Gasteiger partial charge on any atom is -0.480 e. The molecule has 2 saturated heterocycles. The van der Waals surface area contributed by atoms with E-state index in [0.717, 1.165) is 0 Å². The molecule has 3 heterocycles. The van der Waals surface area contributed by atoms with Gasteiger partial charge in [-0.25, -0.2) is 9.59 Å². The van der Waals surface area contributed by atoms with Gasteiger partial charge in [-0.05, 0) is 20.8 Å². The van der Waals surface area contributed by atoms with Gasteiger partial charge in [-0.2, -0.15) is 10.2 Å². The molecule has 0 aliphatic carbocycles. The summed E-state index contributed by atoms with van der Waals surface area (Å²) in [7, 11) is 1.22. The third-order valence-corrected chi connectivity index (χ3v) is 5.87. The van der Waals surface area contributed by atoms with Gasteiger partial charge in [0.05, 0.1) is 12.8 Å². The highest BCUT2D eigenvalue weighted by atomic mass is 32.2. The Morgan fingerprint density at radius 2 is 2.05 bits per heavy atom. The van der Waals surface area contributed by atoms with Gasteiger partial charge in [0.15, 0.2) is 0 Å². The van der Waals surface area contributed by atoms with E-state index in [9.17, 15) is 19.5 Å². The van der Waals surface area contributed by atoms with E-state index >= 15 is 0 Å². The summed E-state index contributed by atoms with van der Waals surface area (Å²) in [6.45, 7) is 5.10. The van der Waals surface area contributed by atoms with Crippen molar-refractivity contribution in [3.05, 3.63) is 11.3 Å². The van der Waals surface area contributed by atoms with Crippen LogP contribution in [0.15, 0.2) is 21.5 Å². The molecule has 3 rings (SSSR count). The number of ether oxygens (including phenoxy) is 1. The molecular formula is C13H15N3O5S. The van der Waals surface area contributed by atoms with E-state index in [1.807, 2.05) is 0 Å². The van der Waals surface area contributed by atoms with E-state index in [-0.39, 0.29) is 5.57 Å². The number of fused-ring (bicyclic) bond motifs is 2. The van der Waals surface area contributed by atoms with Gasteiger partial charge in [-0.1, -0.05) is 0 Å². The van der Waals surface area contributed by atoms with Crippen LogP contribution in [0.4, 0.5) is 0 Å². The van der Waals surface area contributed by atoms with E-state index in [0.29, 0.717) is 5.70 Å². The number of aliphatic carboxylic acids is 1. The van der Waals surface area contributed by atoms with Crippen LogP contribution in [0.5, 0.6) is 0 Å². The number of rotatable bonds is 2. The quantitative estimate of drug-likeness (QED) is 0.594. The Balaban J connectivity index is 2.07. The highest BCUT2D eigenvalue weighted by Gasteiger charge is 2.76. The number of carbonyl (C=O) groups excluding carboxylic acids is 2. The summed E-state index contributed by atoms with van der Waals surface area (Å²) >= 11 is 1.32. The lowest BCUT2D eigenvalue weighted by Gasteiger charge is -2.48. The second-order valence-electron chi connectivity index (χ2n) is 5.95. The number of amides is 1. The molecule has 0 radical (unpaired) electrons. The molecule has 22 heavy (non-hydrogen) atoms. The van der Waals surface area contributed by atoms with Crippen LogP contribution in [0.3, 0.4) is 0 Å². The monoisotopic (exact) mass is 325 g/mol. The summed E-state index contributed by atoms with van der Waals surface area (Å²) in [6.07, 6.45) is 0. The van der Waals surface area contributed by atoms with Crippen molar-refractivity contribution in [3.8, 4) is 0 Å². The zero-order chi connectivity index (χ0) is 16.4. The molecule has 3 atom stereocenters. The van der Waals surface area contributed by atoms with Gasteiger partial charge in [-0.3, -0.25) is 4.79 Å². The summed E-state index contributed by atoms with van der Waals surface area (Å²) in [6, 6.07) is -0.962. The molecule has 1 spiro atoms. The summed E-state index contributed by atoms with van der Waals surface area (Å²) in [4.78, 5) is 37.6. The van der Waals surface area contributed by atoms with Crippen molar-refractivity contribution in [1.82, 2.24) is 4.90 Å². The maximum atomic E-state index is 12.7. The average molecular weight is 325 g/mol. The molecule has 0 aromatic carbocycles. The van der Waals surface area contributed by atoms with Crippen molar-refractivity contribution in [2.75, 3.05) is 7.11 Å². The number of thioether (sulfide) groups is 1. The molecule has 0 saturated carbocycles. The third-order valence-electron chi connectivity index (χ3n) is 4.25. The van der Waals surface area contributed by atoms with Crippen molar-refractivity contribution >= 4 is 29.6 Å².